The van der Waals surface area contributed by atoms with Crippen molar-refractivity contribution in [1.29, 1.82) is 0 Å². The van der Waals surface area contributed by atoms with Crippen LogP contribution in [0.1, 0.15) is 64.6 Å². The molecule has 0 amide bonds. The van der Waals surface area contributed by atoms with Crippen LogP contribution in [0.25, 0.3) is 0 Å². The number of rotatable bonds is 6. The van der Waals surface area contributed by atoms with Crippen LogP contribution in [0, 0.1) is 11.3 Å². The lowest BCUT2D eigenvalue weighted by atomic mass is 9.80. The summed E-state index contributed by atoms with van der Waals surface area (Å²) in [6.45, 7) is 7.53. The number of hydrogen-bond acceptors (Lipinski definition) is 2. The lowest BCUT2D eigenvalue weighted by Gasteiger charge is -2.27. The van der Waals surface area contributed by atoms with Crippen LogP contribution in [0.3, 0.4) is 0 Å². The zero-order valence-electron chi connectivity index (χ0n) is 12.7. The highest BCUT2D eigenvalue weighted by atomic mass is 15.3. The van der Waals surface area contributed by atoms with E-state index in [0.717, 1.165) is 25.3 Å². The molecule has 3 nitrogen and oxygen atoms in total. The van der Waals surface area contributed by atoms with Crippen molar-refractivity contribution in [1.82, 2.24) is 9.78 Å². The van der Waals surface area contributed by atoms with E-state index in [-0.39, 0.29) is 0 Å². The molecule has 0 aromatic carbocycles. The summed E-state index contributed by atoms with van der Waals surface area (Å²) in [6.07, 6.45) is 9.52. The Balaban J connectivity index is 2.05. The maximum Gasteiger partial charge on any atom is 0.0630 e. The standard InChI is InChI=1S/C16H29N3/c1-4-13(3)19-9-7-15(18-19)11-16(12-17)8-6-14(5-2)10-16/h7,9,13-14H,4-6,8,10-12,17H2,1-3H3. The number of nitrogens with zero attached hydrogens (tertiary/aromatic N) is 2. The minimum atomic E-state index is 0.315. The van der Waals surface area contributed by atoms with Gasteiger partial charge in [-0.15, -0.1) is 0 Å². The van der Waals surface area contributed by atoms with Gasteiger partial charge < -0.3 is 5.73 Å². The zero-order valence-corrected chi connectivity index (χ0v) is 12.7. The van der Waals surface area contributed by atoms with E-state index < -0.39 is 0 Å². The second kappa shape index (κ2) is 6.08. The Bertz CT molecular complexity index is 398. The molecule has 1 aromatic heterocycles. The predicted octanol–water partition coefficient (Wildman–Crippen LogP) is 3.55. The summed E-state index contributed by atoms with van der Waals surface area (Å²) in [7, 11) is 0. The van der Waals surface area contributed by atoms with Gasteiger partial charge in [-0.2, -0.15) is 5.10 Å². The molecular weight excluding hydrogens is 234 g/mol. The van der Waals surface area contributed by atoms with E-state index in [0.29, 0.717) is 11.5 Å². The molecular formula is C16H29N3. The normalized spacial score (nSPS) is 28.7. The van der Waals surface area contributed by atoms with Gasteiger partial charge in [-0.05, 0) is 63.0 Å². The Kier molecular flexibility index (Phi) is 4.67. The fourth-order valence-corrected chi connectivity index (χ4v) is 3.38. The molecule has 3 heteroatoms. The highest BCUT2D eigenvalue weighted by Gasteiger charge is 2.37. The van der Waals surface area contributed by atoms with Gasteiger partial charge in [0.05, 0.1) is 5.69 Å². The third-order valence-corrected chi connectivity index (χ3v) is 5.08. The zero-order chi connectivity index (χ0) is 13.9. The first-order valence-electron chi connectivity index (χ1n) is 7.86. The molecule has 19 heavy (non-hydrogen) atoms. The van der Waals surface area contributed by atoms with Crippen LogP contribution in [-0.4, -0.2) is 16.3 Å². The largest absolute Gasteiger partial charge is 0.330 e. The van der Waals surface area contributed by atoms with Gasteiger partial charge in [-0.25, -0.2) is 0 Å². The van der Waals surface area contributed by atoms with Gasteiger partial charge >= 0.3 is 0 Å². The number of aromatic nitrogens is 2. The third kappa shape index (κ3) is 3.19. The summed E-state index contributed by atoms with van der Waals surface area (Å²) in [6, 6.07) is 2.68. The molecule has 108 valence electrons. The fourth-order valence-electron chi connectivity index (χ4n) is 3.38. The van der Waals surface area contributed by atoms with Crippen LogP contribution in [0.15, 0.2) is 12.3 Å². The third-order valence-electron chi connectivity index (χ3n) is 5.08. The quantitative estimate of drug-likeness (QED) is 0.853. The van der Waals surface area contributed by atoms with Crippen LogP contribution in [0.4, 0.5) is 0 Å². The Morgan fingerprint density at radius 1 is 1.53 bits per heavy atom. The summed E-state index contributed by atoms with van der Waals surface area (Å²) in [5.41, 5.74) is 7.63. The molecule has 2 rings (SSSR count). The maximum absolute atomic E-state index is 6.09. The fraction of sp³-hybridized carbons (Fsp3) is 0.812. The summed E-state index contributed by atoms with van der Waals surface area (Å²) >= 11 is 0. The average Bonchev–Trinajstić information content (AvgIpc) is 3.06. The minimum Gasteiger partial charge on any atom is -0.330 e. The summed E-state index contributed by atoms with van der Waals surface area (Å²) in [4.78, 5) is 0. The van der Waals surface area contributed by atoms with Gasteiger partial charge in [-0.1, -0.05) is 20.3 Å². The molecule has 2 N–H and O–H groups in total. The van der Waals surface area contributed by atoms with Crippen LogP contribution < -0.4 is 5.73 Å². The van der Waals surface area contributed by atoms with Crippen molar-refractivity contribution in [3.63, 3.8) is 0 Å². The summed E-state index contributed by atoms with van der Waals surface area (Å²) in [5, 5.41) is 4.75. The van der Waals surface area contributed by atoms with Gasteiger partial charge in [0.15, 0.2) is 0 Å². The monoisotopic (exact) mass is 263 g/mol. The molecule has 1 aliphatic rings. The van der Waals surface area contributed by atoms with E-state index in [1.807, 2.05) is 0 Å². The molecule has 3 unspecified atom stereocenters. The second-order valence-electron chi connectivity index (χ2n) is 6.44. The Hall–Kier alpha value is -0.830. The highest BCUT2D eigenvalue weighted by Crippen LogP contribution is 2.44. The van der Waals surface area contributed by atoms with Crippen molar-refractivity contribution < 1.29 is 0 Å². The molecule has 1 aliphatic carbocycles. The van der Waals surface area contributed by atoms with Crippen molar-refractivity contribution in [3.8, 4) is 0 Å². The second-order valence-corrected chi connectivity index (χ2v) is 6.44. The van der Waals surface area contributed by atoms with E-state index in [1.165, 1.54) is 31.4 Å². The van der Waals surface area contributed by atoms with E-state index in [2.05, 4.69) is 37.7 Å². The van der Waals surface area contributed by atoms with Gasteiger partial charge in [0.25, 0.3) is 0 Å². The lowest BCUT2D eigenvalue weighted by Crippen LogP contribution is -2.30. The Morgan fingerprint density at radius 3 is 2.89 bits per heavy atom. The van der Waals surface area contributed by atoms with E-state index in [9.17, 15) is 0 Å². The van der Waals surface area contributed by atoms with Crippen molar-refractivity contribution in [2.75, 3.05) is 6.54 Å². The minimum absolute atomic E-state index is 0.315. The van der Waals surface area contributed by atoms with Gasteiger partial charge in [0.1, 0.15) is 0 Å². The van der Waals surface area contributed by atoms with Crippen LogP contribution in [0.5, 0.6) is 0 Å². The Morgan fingerprint density at radius 2 is 2.32 bits per heavy atom. The highest BCUT2D eigenvalue weighted by molar-refractivity contribution is 5.06. The molecule has 1 heterocycles. The molecule has 1 saturated carbocycles. The van der Waals surface area contributed by atoms with E-state index in [1.54, 1.807) is 0 Å². The first-order valence-corrected chi connectivity index (χ1v) is 7.86. The average molecular weight is 263 g/mol. The van der Waals surface area contributed by atoms with Crippen LogP contribution >= 0.6 is 0 Å². The Labute approximate surface area is 117 Å². The van der Waals surface area contributed by atoms with E-state index in [4.69, 9.17) is 10.8 Å². The molecule has 0 saturated heterocycles. The summed E-state index contributed by atoms with van der Waals surface area (Å²) < 4.78 is 2.10. The molecule has 0 bridgehead atoms. The molecule has 1 fully saturated rings. The lowest BCUT2D eigenvalue weighted by molar-refractivity contribution is 0.286. The van der Waals surface area contributed by atoms with Gasteiger partial charge in [-0.3, -0.25) is 4.68 Å². The van der Waals surface area contributed by atoms with Crippen molar-refractivity contribution in [2.45, 2.75) is 65.3 Å². The first-order chi connectivity index (χ1) is 9.12. The predicted molar refractivity (Wildman–Crippen MR) is 80.1 cm³/mol. The van der Waals surface area contributed by atoms with Crippen molar-refractivity contribution in [3.05, 3.63) is 18.0 Å². The van der Waals surface area contributed by atoms with Crippen LogP contribution in [0.2, 0.25) is 0 Å². The molecule has 0 radical (unpaired) electrons. The van der Waals surface area contributed by atoms with E-state index >= 15 is 0 Å². The van der Waals surface area contributed by atoms with Gasteiger partial charge in [0.2, 0.25) is 0 Å². The van der Waals surface area contributed by atoms with Crippen molar-refractivity contribution in [2.24, 2.45) is 17.1 Å². The van der Waals surface area contributed by atoms with Crippen molar-refractivity contribution >= 4 is 0 Å². The number of nitrogens with two attached hydrogens (primary N) is 1. The van der Waals surface area contributed by atoms with Gasteiger partial charge in [0, 0.05) is 12.2 Å². The molecule has 1 aromatic rings. The molecule has 0 spiro atoms. The SMILES string of the molecule is CCC1CCC(CN)(Cc2ccn(C(C)CC)n2)C1. The molecule has 3 atom stereocenters. The maximum atomic E-state index is 6.09. The van der Waals surface area contributed by atoms with Crippen LogP contribution in [-0.2, 0) is 6.42 Å². The molecule has 0 aliphatic heterocycles. The summed E-state index contributed by atoms with van der Waals surface area (Å²) in [5.74, 6) is 0.875. The number of hydrogen-bond donors (Lipinski definition) is 1. The smallest absolute Gasteiger partial charge is 0.0630 e. The topological polar surface area (TPSA) is 43.8 Å². The first kappa shape index (κ1) is 14.6.